The van der Waals surface area contributed by atoms with Gasteiger partial charge in [-0.2, -0.15) is 31.9 Å². The van der Waals surface area contributed by atoms with Gasteiger partial charge in [0, 0.05) is 42.4 Å². The molecule has 5 aliphatic heterocycles. The van der Waals surface area contributed by atoms with Gasteiger partial charge in [0.15, 0.2) is 5.82 Å². The zero-order valence-electron chi connectivity index (χ0n) is 26.0. The van der Waals surface area contributed by atoms with Gasteiger partial charge in [0.25, 0.3) is 6.08 Å². The maximum atomic E-state index is 16.9. The molecule has 5 aliphatic rings. The molecule has 4 saturated heterocycles. The highest BCUT2D eigenvalue weighted by molar-refractivity contribution is 6.03. The lowest BCUT2D eigenvalue weighted by Crippen LogP contribution is -2.58. The second-order valence-electron chi connectivity index (χ2n) is 13.7. The summed E-state index contributed by atoms with van der Waals surface area (Å²) >= 11 is 0. The molecule has 3 aromatic rings. The summed E-state index contributed by atoms with van der Waals surface area (Å²) in [5.74, 6) is -2.80. The molecule has 4 fully saturated rings. The van der Waals surface area contributed by atoms with Gasteiger partial charge in [-0.05, 0) is 69.2 Å². The fourth-order valence-electron chi connectivity index (χ4n) is 8.72. The van der Waals surface area contributed by atoms with E-state index in [1.807, 2.05) is 9.80 Å². The van der Waals surface area contributed by atoms with Gasteiger partial charge in [-0.15, -0.1) is 0 Å². The predicted molar refractivity (Wildman–Crippen MR) is 164 cm³/mol. The zero-order valence-corrected chi connectivity index (χ0v) is 26.0. The van der Waals surface area contributed by atoms with Crippen molar-refractivity contribution in [2.45, 2.75) is 75.3 Å². The van der Waals surface area contributed by atoms with E-state index in [1.165, 1.54) is 0 Å². The summed E-state index contributed by atoms with van der Waals surface area (Å²) in [7, 11) is 0. The number of pyridine rings is 1. The molecule has 0 aliphatic carbocycles. The minimum atomic E-state index is -5.02. The number of nitrogens with one attached hydrogen (secondary N) is 1. The monoisotopic (exact) mass is 675 g/mol. The quantitative estimate of drug-likeness (QED) is 0.309. The molecule has 4 atom stereocenters. The van der Waals surface area contributed by atoms with Gasteiger partial charge >= 0.3 is 12.2 Å². The van der Waals surface area contributed by atoms with E-state index in [0.29, 0.717) is 19.5 Å². The van der Waals surface area contributed by atoms with E-state index in [1.54, 1.807) is 0 Å². The smallest absolute Gasteiger partial charge is 0.418 e. The predicted octanol–water partition coefficient (Wildman–Crippen LogP) is 6.37. The van der Waals surface area contributed by atoms with Crippen molar-refractivity contribution in [2.24, 2.45) is 0 Å². The molecule has 0 saturated carbocycles. The largest absolute Gasteiger partial charge is 0.461 e. The van der Waals surface area contributed by atoms with Crippen LogP contribution in [0.3, 0.4) is 0 Å². The summed E-state index contributed by atoms with van der Waals surface area (Å²) in [5, 5.41) is 3.55. The van der Waals surface area contributed by atoms with Crippen molar-refractivity contribution in [1.82, 2.24) is 25.2 Å². The molecule has 1 aromatic carbocycles. The van der Waals surface area contributed by atoms with Crippen molar-refractivity contribution >= 4 is 28.1 Å². The number of ether oxygens (including phenoxy) is 1. The first-order chi connectivity index (χ1) is 22.8. The van der Waals surface area contributed by atoms with Crippen molar-refractivity contribution in [1.29, 1.82) is 0 Å². The van der Waals surface area contributed by atoms with Crippen LogP contribution in [0.1, 0.15) is 55.2 Å². The molecule has 2 aromatic heterocycles. The van der Waals surface area contributed by atoms with Crippen molar-refractivity contribution in [2.75, 3.05) is 36.9 Å². The van der Waals surface area contributed by atoms with Gasteiger partial charge < -0.3 is 20.7 Å². The van der Waals surface area contributed by atoms with Gasteiger partial charge in [-0.3, -0.25) is 4.90 Å². The Morgan fingerprint density at radius 2 is 1.94 bits per heavy atom. The first-order valence-electron chi connectivity index (χ1n) is 15.9. The molecule has 8 nitrogen and oxygen atoms in total. The third kappa shape index (κ3) is 4.67. The van der Waals surface area contributed by atoms with Crippen LogP contribution in [0.5, 0.6) is 6.01 Å². The van der Waals surface area contributed by atoms with Crippen LogP contribution in [0.2, 0.25) is 0 Å². The number of nitrogen functional groups attached to an aromatic ring is 1. The average molecular weight is 676 g/mol. The second kappa shape index (κ2) is 10.8. The minimum absolute atomic E-state index is 0.0168. The first-order valence-corrected chi connectivity index (χ1v) is 15.9. The van der Waals surface area contributed by atoms with Crippen molar-refractivity contribution in [3.8, 4) is 17.3 Å². The summed E-state index contributed by atoms with van der Waals surface area (Å²) in [4.78, 5) is 16.8. The zero-order chi connectivity index (χ0) is 33.9. The number of halogens is 7. The van der Waals surface area contributed by atoms with Crippen LogP contribution in [-0.4, -0.2) is 69.8 Å². The standard InChI is InChI=1S/C33H32F7N7O/c1-14-8-19-18-5-4-17(42-18)12-47(19)30-22-21(14)25(34)23(27-24(33(38,39)40)15(2)9-20(41)43-27)26(35)28(22)44-31(45-30)48-13-32-6-3-7-46(32)11-16(10-32)29(36)37/h9,17-19,42H,1,3-8,10-13H2,2H3,(H2,41,43)/t17-,18+,19+,32+/m1/s1. The van der Waals surface area contributed by atoms with Gasteiger partial charge in [0.2, 0.25) is 0 Å². The summed E-state index contributed by atoms with van der Waals surface area (Å²) < 4.78 is 110. The number of hydrogen-bond donors (Lipinski definition) is 2. The SMILES string of the molecule is C=C1C[C@H]2[C@@H]3CC[C@H](CN2c2nc(OC[C@@]45CCCN4CC(=C(F)F)C5)nc4c(F)c(-c5nc(N)cc(C)c5C(F)(F)F)c(F)c1c24)N3. The van der Waals surface area contributed by atoms with Crippen LogP contribution in [0, 0.1) is 18.6 Å². The third-order valence-corrected chi connectivity index (χ3v) is 10.8. The Morgan fingerprint density at radius 3 is 2.69 bits per heavy atom. The van der Waals surface area contributed by atoms with Gasteiger partial charge in [0.05, 0.1) is 27.7 Å². The number of anilines is 2. The molecule has 0 unspecified atom stereocenters. The van der Waals surface area contributed by atoms with Crippen LogP contribution in [0.15, 0.2) is 24.3 Å². The van der Waals surface area contributed by atoms with E-state index in [2.05, 4.69) is 21.9 Å². The molecule has 254 valence electrons. The molecule has 7 heterocycles. The first kappa shape index (κ1) is 31.3. The highest BCUT2D eigenvalue weighted by Crippen LogP contribution is 2.49. The molecule has 0 spiro atoms. The Balaban J connectivity index is 1.35. The van der Waals surface area contributed by atoms with Crippen LogP contribution in [0.4, 0.5) is 42.4 Å². The van der Waals surface area contributed by atoms with Gasteiger partial charge in [0.1, 0.15) is 29.6 Å². The maximum Gasteiger partial charge on any atom is 0.418 e. The topological polar surface area (TPSA) is 92.4 Å². The molecule has 2 bridgehead atoms. The summed E-state index contributed by atoms with van der Waals surface area (Å²) in [6.07, 6.45) is -3.35. The highest BCUT2D eigenvalue weighted by Gasteiger charge is 2.49. The summed E-state index contributed by atoms with van der Waals surface area (Å²) in [5.41, 5.74) is 1.04. The summed E-state index contributed by atoms with van der Waals surface area (Å²) in [6.45, 7) is 6.37. The van der Waals surface area contributed by atoms with Gasteiger partial charge in [-0.1, -0.05) is 6.58 Å². The Kier molecular flexibility index (Phi) is 7.02. The van der Waals surface area contributed by atoms with E-state index in [9.17, 15) is 22.0 Å². The molecular formula is C33H32F7N7O. The number of hydrogen-bond acceptors (Lipinski definition) is 8. The lowest BCUT2D eigenvalue weighted by Gasteiger charge is -2.41. The number of aromatic nitrogens is 3. The molecule has 3 N–H and O–H groups in total. The molecule has 0 radical (unpaired) electrons. The van der Waals surface area contributed by atoms with Crippen molar-refractivity contribution < 1.29 is 35.5 Å². The van der Waals surface area contributed by atoms with Gasteiger partial charge in [-0.25, -0.2) is 13.8 Å². The average Bonchev–Trinajstić information content (AvgIpc) is 3.67. The molecular weight excluding hydrogens is 643 g/mol. The summed E-state index contributed by atoms with van der Waals surface area (Å²) in [6, 6.07) is 0.510. The third-order valence-electron chi connectivity index (χ3n) is 10.8. The maximum absolute atomic E-state index is 16.9. The van der Waals surface area contributed by atoms with E-state index in [0.717, 1.165) is 32.3 Å². The number of benzene rings is 1. The number of nitrogens with zero attached hydrogens (tertiary/aromatic N) is 5. The Hall–Kier alpha value is -3.98. The number of fused-ring (bicyclic) bond motifs is 6. The Bertz CT molecular complexity index is 1930. The van der Waals surface area contributed by atoms with Crippen LogP contribution < -0.4 is 20.7 Å². The molecule has 15 heteroatoms. The number of piperazine rings is 1. The van der Waals surface area contributed by atoms with Crippen LogP contribution in [0.25, 0.3) is 27.7 Å². The Labute approximate surface area is 270 Å². The molecule has 48 heavy (non-hydrogen) atoms. The fourth-order valence-corrected chi connectivity index (χ4v) is 8.72. The lowest BCUT2D eigenvalue weighted by molar-refractivity contribution is -0.137. The Morgan fingerprint density at radius 1 is 1.15 bits per heavy atom. The molecule has 0 amide bonds. The van der Waals surface area contributed by atoms with Crippen molar-refractivity contribution in [3.63, 3.8) is 0 Å². The normalized spacial score (nSPS) is 26.7. The number of alkyl halides is 3. The van der Waals surface area contributed by atoms with Crippen LogP contribution >= 0.6 is 0 Å². The van der Waals surface area contributed by atoms with Crippen LogP contribution in [-0.2, 0) is 6.18 Å². The lowest BCUT2D eigenvalue weighted by atomic mass is 9.90. The van der Waals surface area contributed by atoms with E-state index in [4.69, 9.17) is 15.5 Å². The second-order valence-corrected chi connectivity index (χ2v) is 13.7. The number of nitrogens with two attached hydrogens (primary N) is 1. The molecule has 8 rings (SSSR count). The number of rotatable bonds is 4. The minimum Gasteiger partial charge on any atom is -0.461 e. The fraction of sp³-hybridized carbons (Fsp3) is 0.485. The van der Waals surface area contributed by atoms with E-state index < -0.39 is 51.8 Å². The van der Waals surface area contributed by atoms with Crippen molar-refractivity contribution in [3.05, 3.63) is 52.6 Å². The number of aryl methyl sites for hydroxylation is 1. The van der Waals surface area contributed by atoms with E-state index in [-0.39, 0.29) is 89.4 Å². The van der Waals surface area contributed by atoms with E-state index >= 15 is 8.78 Å². The highest BCUT2D eigenvalue weighted by atomic mass is 19.4.